The van der Waals surface area contributed by atoms with E-state index in [1.54, 1.807) is 12.1 Å². The number of halogens is 1. The maximum Gasteiger partial charge on any atom is 0.222 e. The lowest BCUT2D eigenvalue weighted by atomic mass is 10.1. The van der Waals surface area contributed by atoms with Crippen molar-refractivity contribution in [2.75, 3.05) is 26.2 Å². The predicted octanol–water partition coefficient (Wildman–Crippen LogP) is 2.81. The largest absolute Gasteiger partial charge is 0.508 e. The molecule has 2 aromatic rings. The quantitative estimate of drug-likeness (QED) is 0.909. The van der Waals surface area contributed by atoms with Gasteiger partial charge in [0.15, 0.2) is 0 Å². The Labute approximate surface area is 147 Å². The molecular formula is C20H23FN2O2. The van der Waals surface area contributed by atoms with Crippen molar-refractivity contribution in [1.29, 1.82) is 0 Å². The summed E-state index contributed by atoms with van der Waals surface area (Å²) in [5.41, 5.74) is 2.15. The second-order valence-electron chi connectivity index (χ2n) is 6.45. The van der Waals surface area contributed by atoms with Crippen LogP contribution in [0, 0.1) is 5.82 Å². The molecule has 0 aliphatic carbocycles. The number of phenols is 1. The molecule has 0 unspecified atom stereocenters. The van der Waals surface area contributed by atoms with Crippen LogP contribution in [0.5, 0.6) is 5.75 Å². The topological polar surface area (TPSA) is 43.8 Å². The van der Waals surface area contributed by atoms with E-state index in [1.807, 2.05) is 29.2 Å². The molecule has 3 rings (SSSR count). The Hall–Kier alpha value is -2.40. The van der Waals surface area contributed by atoms with Gasteiger partial charge in [-0.25, -0.2) is 4.39 Å². The minimum atomic E-state index is -0.215. The summed E-state index contributed by atoms with van der Waals surface area (Å²) in [5, 5.41) is 9.28. The van der Waals surface area contributed by atoms with Crippen molar-refractivity contribution in [1.82, 2.24) is 9.80 Å². The minimum Gasteiger partial charge on any atom is -0.508 e. The van der Waals surface area contributed by atoms with Crippen LogP contribution in [0.4, 0.5) is 4.39 Å². The number of hydrogen-bond acceptors (Lipinski definition) is 3. The SMILES string of the molecule is O=C(CCc1ccc(O)cc1)N1CCN(Cc2ccc(F)cc2)CC1. The first-order chi connectivity index (χ1) is 12.1. The number of nitrogens with zero attached hydrogens (tertiary/aromatic N) is 2. The average Bonchev–Trinajstić information content (AvgIpc) is 2.63. The molecule has 1 aliphatic rings. The van der Waals surface area contributed by atoms with E-state index >= 15 is 0 Å². The third-order valence-electron chi connectivity index (χ3n) is 4.61. The molecule has 1 saturated heterocycles. The molecule has 0 atom stereocenters. The van der Waals surface area contributed by atoms with Crippen molar-refractivity contribution in [3.05, 3.63) is 65.5 Å². The van der Waals surface area contributed by atoms with Crippen LogP contribution in [-0.2, 0) is 17.8 Å². The van der Waals surface area contributed by atoms with Crippen LogP contribution in [0.3, 0.4) is 0 Å². The lowest BCUT2D eigenvalue weighted by Gasteiger charge is -2.34. The number of aromatic hydroxyl groups is 1. The van der Waals surface area contributed by atoms with Crippen molar-refractivity contribution < 1.29 is 14.3 Å². The molecule has 132 valence electrons. The number of aryl methyl sites for hydroxylation is 1. The van der Waals surface area contributed by atoms with Crippen molar-refractivity contribution in [2.24, 2.45) is 0 Å². The molecule has 0 aromatic heterocycles. The third kappa shape index (κ3) is 5.03. The fraction of sp³-hybridized carbons (Fsp3) is 0.350. The number of hydrogen-bond donors (Lipinski definition) is 1. The zero-order valence-electron chi connectivity index (χ0n) is 14.2. The first kappa shape index (κ1) is 17.4. The van der Waals surface area contributed by atoms with E-state index in [-0.39, 0.29) is 17.5 Å². The number of carbonyl (C=O) groups is 1. The van der Waals surface area contributed by atoms with Crippen LogP contribution < -0.4 is 0 Å². The van der Waals surface area contributed by atoms with Crippen molar-refractivity contribution >= 4 is 5.91 Å². The van der Waals surface area contributed by atoms with Gasteiger partial charge in [0.1, 0.15) is 11.6 Å². The highest BCUT2D eigenvalue weighted by Gasteiger charge is 2.20. The Morgan fingerprint density at radius 2 is 1.52 bits per heavy atom. The Morgan fingerprint density at radius 3 is 2.16 bits per heavy atom. The van der Waals surface area contributed by atoms with Gasteiger partial charge >= 0.3 is 0 Å². The van der Waals surface area contributed by atoms with Crippen molar-refractivity contribution in [3.8, 4) is 5.75 Å². The molecular weight excluding hydrogens is 319 g/mol. The standard InChI is InChI=1S/C20H23FN2O2/c21-18-6-1-17(2-7-18)15-22-11-13-23(14-12-22)20(25)10-5-16-3-8-19(24)9-4-16/h1-4,6-9,24H,5,10-15H2. The fourth-order valence-electron chi connectivity index (χ4n) is 3.08. The van der Waals surface area contributed by atoms with Crippen LogP contribution in [0.1, 0.15) is 17.5 Å². The highest BCUT2D eigenvalue weighted by molar-refractivity contribution is 5.76. The molecule has 1 aliphatic heterocycles. The molecule has 1 N–H and O–H groups in total. The minimum absolute atomic E-state index is 0.175. The van der Waals surface area contributed by atoms with E-state index in [2.05, 4.69) is 4.90 Å². The molecule has 0 bridgehead atoms. The first-order valence-corrected chi connectivity index (χ1v) is 8.62. The van der Waals surface area contributed by atoms with Gasteiger partial charge in [-0.05, 0) is 41.8 Å². The number of carbonyl (C=O) groups excluding carboxylic acids is 1. The van der Waals surface area contributed by atoms with Crippen molar-refractivity contribution in [2.45, 2.75) is 19.4 Å². The Bertz CT molecular complexity index is 693. The highest BCUT2D eigenvalue weighted by atomic mass is 19.1. The van der Waals surface area contributed by atoms with E-state index in [4.69, 9.17) is 0 Å². The molecule has 0 spiro atoms. The summed E-state index contributed by atoms with van der Waals surface area (Å²) in [6.45, 7) is 3.92. The summed E-state index contributed by atoms with van der Waals surface area (Å²) in [7, 11) is 0. The van der Waals surface area contributed by atoms with Gasteiger partial charge in [0, 0.05) is 39.1 Å². The summed E-state index contributed by atoms with van der Waals surface area (Å²) in [4.78, 5) is 16.6. The van der Waals surface area contributed by atoms with Gasteiger partial charge in [-0.3, -0.25) is 9.69 Å². The number of phenolic OH excluding ortho intramolecular Hbond substituents is 1. The Balaban J connectivity index is 1.42. The van der Waals surface area contributed by atoms with E-state index in [0.29, 0.717) is 12.8 Å². The molecule has 1 amide bonds. The summed E-state index contributed by atoms with van der Waals surface area (Å²) in [5.74, 6) is 0.203. The number of amides is 1. The third-order valence-corrected chi connectivity index (χ3v) is 4.61. The second kappa shape index (κ2) is 8.12. The normalized spacial score (nSPS) is 15.3. The van der Waals surface area contributed by atoms with Crippen LogP contribution in [0.15, 0.2) is 48.5 Å². The zero-order valence-corrected chi connectivity index (χ0v) is 14.2. The van der Waals surface area contributed by atoms with Gasteiger partial charge < -0.3 is 10.0 Å². The molecule has 25 heavy (non-hydrogen) atoms. The van der Waals surface area contributed by atoms with Crippen LogP contribution in [-0.4, -0.2) is 47.0 Å². The van der Waals surface area contributed by atoms with Crippen LogP contribution in [0.2, 0.25) is 0 Å². The first-order valence-electron chi connectivity index (χ1n) is 8.62. The van der Waals surface area contributed by atoms with Crippen molar-refractivity contribution in [3.63, 3.8) is 0 Å². The molecule has 5 heteroatoms. The van der Waals surface area contributed by atoms with E-state index in [1.165, 1.54) is 12.1 Å². The van der Waals surface area contributed by atoms with E-state index in [9.17, 15) is 14.3 Å². The summed E-state index contributed by atoms with van der Waals surface area (Å²) >= 11 is 0. The van der Waals surface area contributed by atoms with E-state index in [0.717, 1.165) is 43.9 Å². The maximum atomic E-state index is 13.0. The van der Waals surface area contributed by atoms with Gasteiger partial charge in [-0.1, -0.05) is 24.3 Å². The lowest BCUT2D eigenvalue weighted by molar-refractivity contribution is -0.133. The Kier molecular flexibility index (Phi) is 5.66. The maximum absolute atomic E-state index is 13.0. The fourth-order valence-corrected chi connectivity index (χ4v) is 3.08. The monoisotopic (exact) mass is 342 g/mol. The molecule has 0 saturated carbocycles. The van der Waals surface area contributed by atoms with Crippen LogP contribution in [0.25, 0.3) is 0 Å². The summed E-state index contributed by atoms with van der Waals surface area (Å²) in [6.07, 6.45) is 1.18. The van der Waals surface area contributed by atoms with Gasteiger partial charge in [-0.15, -0.1) is 0 Å². The second-order valence-corrected chi connectivity index (χ2v) is 6.45. The molecule has 4 nitrogen and oxygen atoms in total. The van der Waals surface area contributed by atoms with Gasteiger partial charge in [0.05, 0.1) is 0 Å². The van der Waals surface area contributed by atoms with Crippen LogP contribution >= 0.6 is 0 Å². The molecule has 1 heterocycles. The van der Waals surface area contributed by atoms with Gasteiger partial charge in [-0.2, -0.15) is 0 Å². The van der Waals surface area contributed by atoms with Gasteiger partial charge in [0.25, 0.3) is 0 Å². The zero-order chi connectivity index (χ0) is 17.6. The average molecular weight is 342 g/mol. The lowest BCUT2D eigenvalue weighted by Crippen LogP contribution is -2.48. The number of benzene rings is 2. The smallest absolute Gasteiger partial charge is 0.222 e. The predicted molar refractivity (Wildman–Crippen MR) is 94.7 cm³/mol. The summed E-state index contributed by atoms with van der Waals surface area (Å²) in [6, 6.07) is 13.6. The van der Waals surface area contributed by atoms with E-state index < -0.39 is 0 Å². The molecule has 0 radical (unpaired) electrons. The number of rotatable bonds is 5. The Morgan fingerprint density at radius 1 is 0.920 bits per heavy atom. The van der Waals surface area contributed by atoms with Gasteiger partial charge in [0.2, 0.25) is 5.91 Å². The molecule has 2 aromatic carbocycles. The number of piperazine rings is 1. The molecule has 1 fully saturated rings. The summed E-state index contributed by atoms with van der Waals surface area (Å²) < 4.78 is 13.0. The highest BCUT2D eigenvalue weighted by Crippen LogP contribution is 2.13.